The van der Waals surface area contributed by atoms with E-state index in [0.29, 0.717) is 11.4 Å². The summed E-state index contributed by atoms with van der Waals surface area (Å²) >= 11 is 0. The summed E-state index contributed by atoms with van der Waals surface area (Å²) in [7, 11) is 1.54. The van der Waals surface area contributed by atoms with E-state index in [1.165, 1.54) is 11.9 Å². The quantitative estimate of drug-likeness (QED) is 0.871. The van der Waals surface area contributed by atoms with Crippen LogP contribution in [0.25, 0.3) is 0 Å². The van der Waals surface area contributed by atoms with Crippen LogP contribution in [0.15, 0.2) is 46.9 Å². The van der Waals surface area contributed by atoms with Crippen LogP contribution in [0, 0.1) is 0 Å². The van der Waals surface area contributed by atoms with Gasteiger partial charge >= 0.3 is 0 Å². The summed E-state index contributed by atoms with van der Waals surface area (Å²) in [6, 6.07) is 12.3. The number of carbonyl (C=O) groups is 2. The number of hydrogen-bond acceptors (Lipinski definition) is 4. The molecule has 0 radical (unpaired) electrons. The molecule has 6 nitrogen and oxygen atoms in total. The molecule has 1 aromatic carbocycles. The maximum absolute atomic E-state index is 12.1. The fourth-order valence-electron chi connectivity index (χ4n) is 1.80. The molecular weight excluding hydrogens is 270 g/mol. The normalized spacial score (nSPS) is 10.2. The molecule has 0 fully saturated rings. The summed E-state index contributed by atoms with van der Waals surface area (Å²) in [5.74, 6) is 0.0616. The Kier molecular flexibility index (Phi) is 4.73. The van der Waals surface area contributed by atoms with E-state index in [-0.39, 0.29) is 30.7 Å². The Hall–Kier alpha value is -2.60. The van der Waals surface area contributed by atoms with Gasteiger partial charge in [-0.3, -0.25) is 9.59 Å². The molecular formula is C15H17N3O3. The summed E-state index contributed by atoms with van der Waals surface area (Å²) in [5, 5.41) is 2.71. The summed E-state index contributed by atoms with van der Waals surface area (Å²) in [4.78, 5) is 25.2. The lowest BCUT2D eigenvalue weighted by molar-refractivity contribution is -0.116. The highest BCUT2D eigenvalue weighted by molar-refractivity contribution is 5.97. The van der Waals surface area contributed by atoms with Gasteiger partial charge in [0, 0.05) is 12.7 Å². The highest BCUT2D eigenvalue weighted by Crippen LogP contribution is 2.10. The van der Waals surface area contributed by atoms with E-state index in [1.54, 1.807) is 24.3 Å². The van der Waals surface area contributed by atoms with Crippen LogP contribution >= 0.6 is 0 Å². The van der Waals surface area contributed by atoms with E-state index in [1.807, 2.05) is 18.2 Å². The van der Waals surface area contributed by atoms with Gasteiger partial charge in [0.25, 0.3) is 5.91 Å². The van der Waals surface area contributed by atoms with Crippen molar-refractivity contribution in [2.24, 2.45) is 5.73 Å². The lowest BCUT2D eigenvalue weighted by Crippen LogP contribution is -2.34. The molecule has 0 saturated heterocycles. The first-order valence-corrected chi connectivity index (χ1v) is 6.49. The first kappa shape index (κ1) is 14.8. The molecule has 2 rings (SSSR count). The van der Waals surface area contributed by atoms with Gasteiger partial charge < -0.3 is 20.4 Å². The van der Waals surface area contributed by atoms with Crippen LogP contribution in [0.3, 0.4) is 0 Å². The number of furan rings is 1. The van der Waals surface area contributed by atoms with E-state index >= 15 is 0 Å². The molecule has 0 aliphatic rings. The highest BCUT2D eigenvalue weighted by atomic mass is 16.4. The van der Waals surface area contributed by atoms with Crippen molar-refractivity contribution >= 4 is 17.5 Å². The minimum absolute atomic E-state index is 0.0631. The van der Waals surface area contributed by atoms with Crippen molar-refractivity contribution in [1.29, 1.82) is 0 Å². The Labute approximate surface area is 122 Å². The lowest BCUT2D eigenvalue weighted by Gasteiger charge is -2.15. The van der Waals surface area contributed by atoms with Crippen molar-refractivity contribution in [2.75, 3.05) is 18.9 Å². The SMILES string of the molecule is CN(CC(=O)Nc1ccccc1)C(=O)c1ccc(CN)o1. The second kappa shape index (κ2) is 6.71. The van der Waals surface area contributed by atoms with E-state index in [2.05, 4.69) is 5.32 Å². The van der Waals surface area contributed by atoms with Gasteiger partial charge in [0.1, 0.15) is 5.76 Å². The number of nitrogens with zero attached hydrogens (tertiary/aromatic N) is 1. The maximum atomic E-state index is 12.1. The lowest BCUT2D eigenvalue weighted by atomic mass is 10.3. The summed E-state index contributed by atoms with van der Waals surface area (Å²) in [5.41, 5.74) is 6.11. The zero-order chi connectivity index (χ0) is 15.2. The second-order valence-corrected chi connectivity index (χ2v) is 4.55. The van der Waals surface area contributed by atoms with E-state index < -0.39 is 0 Å². The third kappa shape index (κ3) is 3.93. The highest BCUT2D eigenvalue weighted by Gasteiger charge is 2.18. The van der Waals surface area contributed by atoms with Gasteiger partial charge in [-0.25, -0.2) is 0 Å². The molecule has 3 N–H and O–H groups in total. The minimum Gasteiger partial charge on any atom is -0.455 e. The maximum Gasteiger partial charge on any atom is 0.289 e. The number of nitrogens with one attached hydrogen (secondary N) is 1. The Morgan fingerprint density at radius 3 is 2.52 bits per heavy atom. The smallest absolute Gasteiger partial charge is 0.289 e. The monoisotopic (exact) mass is 287 g/mol. The molecule has 0 unspecified atom stereocenters. The standard InChI is InChI=1S/C15H17N3O3/c1-18(15(20)13-8-7-12(9-16)21-13)10-14(19)17-11-5-3-2-4-6-11/h2-8H,9-10,16H2,1H3,(H,17,19). The molecule has 6 heteroatoms. The van der Waals surface area contributed by atoms with E-state index in [4.69, 9.17) is 10.2 Å². The summed E-state index contributed by atoms with van der Waals surface area (Å²) in [6.45, 7) is 0.165. The molecule has 21 heavy (non-hydrogen) atoms. The summed E-state index contributed by atoms with van der Waals surface area (Å²) in [6.07, 6.45) is 0. The molecule has 0 aliphatic carbocycles. The van der Waals surface area contributed by atoms with Crippen LogP contribution in [-0.4, -0.2) is 30.3 Å². The third-order valence-electron chi connectivity index (χ3n) is 2.86. The molecule has 0 spiro atoms. The second-order valence-electron chi connectivity index (χ2n) is 4.55. The van der Waals surface area contributed by atoms with Crippen molar-refractivity contribution in [3.63, 3.8) is 0 Å². The zero-order valence-electron chi connectivity index (χ0n) is 11.7. The average Bonchev–Trinajstić information content (AvgIpc) is 2.96. The third-order valence-corrected chi connectivity index (χ3v) is 2.86. The topological polar surface area (TPSA) is 88.6 Å². The Balaban J connectivity index is 1.92. The molecule has 0 bridgehead atoms. The van der Waals surface area contributed by atoms with Crippen LogP contribution < -0.4 is 11.1 Å². The van der Waals surface area contributed by atoms with Crippen molar-refractivity contribution in [1.82, 2.24) is 4.90 Å². The number of likely N-dealkylation sites (N-methyl/N-ethyl adjacent to an activating group) is 1. The Morgan fingerprint density at radius 2 is 1.90 bits per heavy atom. The van der Waals surface area contributed by atoms with Crippen LogP contribution in [0.2, 0.25) is 0 Å². The fourth-order valence-corrected chi connectivity index (χ4v) is 1.80. The van der Waals surface area contributed by atoms with Gasteiger partial charge in [-0.15, -0.1) is 0 Å². The number of anilines is 1. The predicted molar refractivity (Wildman–Crippen MR) is 78.6 cm³/mol. The zero-order valence-corrected chi connectivity index (χ0v) is 11.7. The van der Waals surface area contributed by atoms with Gasteiger partial charge in [-0.1, -0.05) is 18.2 Å². The van der Waals surface area contributed by atoms with Crippen molar-refractivity contribution in [3.8, 4) is 0 Å². The first-order valence-electron chi connectivity index (χ1n) is 6.49. The molecule has 2 aromatic rings. The van der Waals surface area contributed by atoms with Crippen LogP contribution in [-0.2, 0) is 11.3 Å². The van der Waals surface area contributed by atoms with E-state index in [0.717, 1.165) is 0 Å². The molecule has 1 aromatic heterocycles. The van der Waals surface area contributed by atoms with Crippen molar-refractivity contribution < 1.29 is 14.0 Å². The minimum atomic E-state index is -0.363. The average molecular weight is 287 g/mol. The molecule has 2 amide bonds. The van der Waals surface area contributed by atoms with Gasteiger partial charge in [0.15, 0.2) is 5.76 Å². The van der Waals surface area contributed by atoms with Crippen LogP contribution in [0.4, 0.5) is 5.69 Å². The number of rotatable bonds is 5. The van der Waals surface area contributed by atoms with Gasteiger partial charge in [0.05, 0.1) is 13.1 Å². The summed E-state index contributed by atoms with van der Waals surface area (Å²) < 4.78 is 5.27. The Morgan fingerprint density at radius 1 is 1.19 bits per heavy atom. The molecule has 1 heterocycles. The van der Waals surface area contributed by atoms with E-state index in [9.17, 15) is 9.59 Å². The Bertz CT molecular complexity index is 622. The molecule has 0 aliphatic heterocycles. The van der Waals surface area contributed by atoms with Crippen LogP contribution in [0.1, 0.15) is 16.3 Å². The largest absolute Gasteiger partial charge is 0.455 e. The number of para-hydroxylation sites is 1. The number of nitrogens with two attached hydrogens (primary N) is 1. The predicted octanol–water partition coefficient (Wildman–Crippen LogP) is 1.45. The van der Waals surface area contributed by atoms with Gasteiger partial charge in [-0.2, -0.15) is 0 Å². The van der Waals surface area contributed by atoms with Crippen molar-refractivity contribution in [3.05, 3.63) is 54.0 Å². The van der Waals surface area contributed by atoms with Gasteiger partial charge in [-0.05, 0) is 24.3 Å². The number of hydrogen-bond donors (Lipinski definition) is 2. The number of amides is 2. The number of benzene rings is 1. The van der Waals surface area contributed by atoms with Crippen LogP contribution in [0.5, 0.6) is 0 Å². The molecule has 0 atom stereocenters. The number of carbonyl (C=O) groups excluding carboxylic acids is 2. The van der Waals surface area contributed by atoms with Crippen molar-refractivity contribution in [2.45, 2.75) is 6.54 Å². The first-order chi connectivity index (χ1) is 10.1. The molecule has 0 saturated carbocycles. The fraction of sp³-hybridized carbons (Fsp3) is 0.200. The van der Waals surface area contributed by atoms with Gasteiger partial charge in [0.2, 0.25) is 5.91 Å². The molecule has 110 valence electrons.